The average Bonchev–Trinajstić information content (AvgIpc) is 2.98. The lowest BCUT2D eigenvalue weighted by Gasteiger charge is -2.21. The molecule has 0 aliphatic heterocycles. The second-order valence-corrected chi connectivity index (χ2v) is 10.6. The van der Waals surface area contributed by atoms with E-state index in [2.05, 4.69) is 36.5 Å². The van der Waals surface area contributed by atoms with Crippen LogP contribution < -0.4 is 25.0 Å². The molecule has 10 nitrogen and oxygen atoms in total. The summed E-state index contributed by atoms with van der Waals surface area (Å²) >= 11 is 15.5. The van der Waals surface area contributed by atoms with Crippen LogP contribution in [0.4, 0.5) is 0 Å². The molecule has 0 aliphatic carbocycles. The minimum atomic E-state index is -0.974. The first-order valence-electron chi connectivity index (χ1n) is 13.1. The Hall–Kier alpha value is -3.80. The van der Waals surface area contributed by atoms with Gasteiger partial charge in [-0.05, 0) is 71.2 Å². The number of halogens is 3. The number of amides is 2. The third kappa shape index (κ3) is 10.5. The molecule has 0 radical (unpaired) electrons. The highest BCUT2D eigenvalue weighted by atomic mass is 79.9. The van der Waals surface area contributed by atoms with Crippen molar-refractivity contribution in [1.29, 1.82) is 0 Å². The number of benzene rings is 3. The first-order valence-corrected chi connectivity index (χ1v) is 14.6. The van der Waals surface area contributed by atoms with Crippen LogP contribution in [-0.4, -0.2) is 56.5 Å². The molecule has 0 saturated carbocycles. The van der Waals surface area contributed by atoms with Crippen molar-refractivity contribution >= 4 is 63.1 Å². The molecule has 3 aromatic rings. The zero-order valence-corrected chi connectivity index (χ0v) is 26.7. The number of hydrazone groups is 1. The molecule has 3 rings (SSSR count). The molecule has 0 aliphatic rings. The van der Waals surface area contributed by atoms with E-state index in [1.54, 1.807) is 38.1 Å². The molecule has 0 aromatic heterocycles. The van der Waals surface area contributed by atoms with Crippen molar-refractivity contribution in [3.05, 3.63) is 86.3 Å². The lowest BCUT2D eigenvalue weighted by Crippen LogP contribution is -2.50. The minimum absolute atomic E-state index is 0.203. The van der Waals surface area contributed by atoms with Crippen molar-refractivity contribution in [3.63, 3.8) is 0 Å². The van der Waals surface area contributed by atoms with Crippen molar-refractivity contribution in [2.45, 2.75) is 32.4 Å². The van der Waals surface area contributed by atoms with Gasteiger partial charge in [-0.15, -0.1) is 0 Å². The number of esters is 1. The summed E-state index contributed by atoms with van der Waals surface area (Å²) in [6.45, 7) is 3.38. The van der Waals surface area contributed by atoms with E-state index >= 15 is 0 Å². The lowest BCUT2D eigenvalue weighted by atomic mass is 10.1. The molecule has 0 fully saturated rings. The highest BCUT2D eigenvalue weighted by Gasteiger charge is 2.25. The van der Waals surface area contributed by atoms with Gasteiger partial charge in [0.1, 0.15) is 11.8 Å². The smallest absolute Gasteiger partial charge is 0.343 e. The Kier molecular flexibility index (Phi) is 13.1. The van der Waals surface area contributed by atoms with Crippen molar-refractivity contribution in [3.8, 4) is 17.2 Å². The number of nitrogens with zero attached hydrogens (tertiary/aromatic N) is 1. The van der Waals surface area contributed by atoms with Crippen molar-refractivity contribution in [2.75, 3.05) is 20.3 Å². The quantitative estimate of drug-likeness (QED) is 0.132. The highest BCUT2D eigenvalue weighted by Crippen LogP contribution is 2.36. The number of rotatable bonds is 14. The molecule has 2 N–H and O–H groups in total. The molecule has 0 heterocycles. The van der Waals surface area contributed by atoms with Crippen LogP contribution in [-0.2, 0) is 25.5 Å². The summed E-state index contributed by atoms with van der Waals surface area (Å²) in [5.74, 6) is -0.671. The molecule has 13 heteroatoms. The molecular formula is C30H30BrCl2N3O7. The highest BCUT2D eigenvalue weighted by molar-refractivity contribution is 9.10. The van der Waals surface area contributed by atoms with Crippen molar-refractivity contribution < 1.29 is 33.3 Å². The van der Waals surface area contributed by atoms with Crippen LogP contribution >= 0.6 is 39.1 Å². The predicted octanol–water partition coefficient (Wildman–Crippen LogP) is 5.35. The molecule has 228 valence electrons. The van der Waals surface area contributed by atoms with Gasteiger partial charge in [-0.25, -0.2) is 10.2 Å². The second-order valence-electron chi connectivity index (χ2n) is 8.95. The van der Waals surface area contributed by atoms with Crippen molar-refractivity contribution in [2.24, 2.45) is 5.10 Å². The van der Waals surface area contributed by atoms with Gasteiger partial charge in [-0.1, -0.05) is 53.5 Å². The van der Waals surface area contributed by atoms with E-state index < -0.39 is 29.9 Å². The number of ether oxygens (including phenoxy) is 4. The molecule has 2 atom stereocenters. The van der Waals surface area contributed by atoms with Gasteiger partial charge in [-0.2, -0.15) is 5.10 Å². The number of hydrogen-bond acceptors (Lipinski definition) is 8. The summed E-state index contributed by atoms with van der Waals surface area (Å²) in [6.07, 6.45) is 0.641. The molecule has 0 unspecified atom stereocenters. The number of nitrogens with one attached hydrogen (secondary N) is 2. The summed E-state index contributed by atoms with van der Waals surface area (Å²) in [5, 5.41) is 7.49. The van der Waals surface area contributed by atoms with E-state index in [0.717, 1.165) is 5.56 Å². The number of hydrogen-bond donors (Lipinski definition) is 2. The molecule has 43 heavy (non-hydrogen) atoms. The van der Waals surface area contributed by atoms with E-state index in [0.29, 0.717) is 33.2 Å². The maximum absolute atomic E-state index is 13.2. The van der Waals surface area contributed by atoms with Gasteiger partial charge in [0, 0.05) is 11.4 Å². The Morgan fingerprint density at radius 2 is 1.74 bits per heavy atom. The van der Waals surface area contributed by atoms with Crippen LogP contribution in [0.2, 0.25) is 10.0 Å². The SMILES string of the molecule is CCOc1cc(/C=N\NC(=O)[C@H](Cc2ccccc2)NC(=O)[C@H](C)Oc2ccc(Cl)cc2Cl)cc(Br)c1OCC(=O)OC. The summed E-state index contributed by atoms with van der Waals surface area (Å²) in [5.41, 5.74) is 3.87. The second kappa shape index (κ2) is 16.7. The van der Waals surface area contributed by atoms with Crippen LogP contribution in [0.15, 0.2) is 70.2 Å². The van der Waals surface area contributed by atoms with Crippen LogP contribution in [0.3, 0.4) is 0 Å². The van der Waals surface area contributed by atoms with Crippen LogP contribution in [0.5, 0.6) is 17.2 Å². The molecule has 0 bridgehead atoms. The van der Waals surface area contributed by atoms with Gasteiger partial charge < -0.3 is 24.3 Å². The average molecular weight is 695 g/mol. The van der Waals surface area contributed by atoms with Crippen LogP contribution in [0, 0.1) is 0 Å². The van der Waals surface area contributed by atoms with Gasteiger partial charge >= 0.3 is 5.97 Å². The third-order valence-corrected chi connectivity index (χ3v) is 6.88. The maximum Gasteiger partial charge on any atom is 0.343 e. The van der Waals surface area contributed by atoms with Crippen LogP contribution in [0.1, 0.15) is 25.0 Å². The largest absolute Gasteiger partial charge is 0.490 e. The molecule has 0 spiro atoms. The Morgan fingerprint density at radius 3 is 2.42 bits per heavy atom. The van der Waals surface area contributed by atoms with E-state index in [-0.39, 0.29) is 23.8 Å². The van der Waals surface area contributed by atoms with E-state index in [4.69, 9.17) is 37.4 Å². The zero-order valence-electron chi connectivity index (χ0n) is 23.6. The number of carbonyl (C=O) groups is 3. The predicted molar refractivity (Wildman–Crippen MR) is 167 cm³/mol. The van der Waals surface area contributed by atoms with Gasteiger partial charge in [0.15, 0.2) is 24.2 Å². The standard InChI is InChI=1S/C30H30BrCl2N3O7/c1-4-41-26-14-20(12-22(31)28(26)42-17-27(37)40-3)16-34-36-30(39)24(13-19-8-6-5-7-9-19)35-29(38)18(2)43-25-11-10-21(32)15-23(25)33/h5-12,14-16,18,24H,4,13,17H2,1-3H3,(H,35,38)(H,36,39)/b34-16-/t18-,24-/m0/s1. The number of carbonyl (C=O) groups excluding carboxylic acids is 3. The Morgan fingerprint density at radius 1 is 1.00 bits per heavy atom. The summed E-state index contributed by atoms with van der Waals surface area (Å²) < 4.78 is 22.0. The fourth-order valence-electron chi connectivity index (χ4n) is 3.67. The monoisotopic (exact) mass is 693 g/mol. The number of methoxy groups -OCH3 is 1. The van der Waals surface area contributed by atoms with E-state index in [1.165, 1.54) is 19.4 Å². The summed E-state index contributed by atoms with van der Waals surface area (Å²) in [6, 6.07) is 16.2. The van der Waals surface area contributed by atoms with E-state index in [9.17, 15) is 14.4 Å². The lowest BCUT2D eigenvalue weighted by molar-refractivity contribution is -0.143. The normalized spacial score (nSPS) is 12.2. The molecule has 0 saturated heterocycles. The first kappa shape index (κ1) is 33.7. The summed E-state index contributed by atoms with van der Waals surface area (Å²) in [4.78, 5) is 37.7. The van der Waals surface area contributed by atoms with Gasteiger partial charge in [0.25, 0.3) is 11.8 Å². The summed E-state index contributed by atoms with van der Waals surface area (Å²) in [7, 11) is 1.26. The fourth-order valence-corrected chi connectivity index (χ4v) is 4.69. The van der Waals surface area contributed by atoms with Crippen LogP contribution in [0.25, 0.3) is 0 Å². The van der Waals surface area contributed by atoms with Gasteiger partial charge in [-0.3, -0.25) is 9.59 Å². The topological polar surface area (TPSA) is 125 Å². The Labute approximate surface area is 267 Å². The first-order chi connectivity index (χ1) is 20.6. The third-order valence-electron chi connectivity index (χ3n) is 5.76. The molecule has 3 aromatic carbocycles. The van der Waals surface area contributed by atoms with Gasteiger partial charge in [0.05, 0.1) is 29.4 Å². The van der Waals surface area contributed by atoms with Crippen molar-refractivity contribution in [1.82, 2.24) is 10.7 Å². The molecular weight excluding hydrogens is 665 g/mol. The zero-order chi connectivity index (χ0) is 31.4. The van der Waals surface area contributed by atoms with Gasteiger partial charge in [0.2, 0.25) is 0 Å². The van der Waals surface area contributed by atoms with E-state index in [1.807, 2.05) is 30.3 Å². The fraction of sp³-hybridized carbons (Fsp3) is 0.267. The maximum atomic E-state index is 13.2. The Balaban J connectivity index is 1.73. The molecule has 2 amide bonds. The minimum Gasteiger partial charge on any atom is -0.490 e. The Bertz CT molecular complexity index is 1460.